The van der Waals surface area contributed by atoms with Gasteiger partial charge >= 0.3 is 0 Å². The molecule has 0 heteroatoms. The number of allylic oxidation sites excluding steroid dienone is 2. The highest BCUT2D eigenvalue weighted by atomic mass is 14.3. The average Bonchev–Trinajstić information content (AvgIpc) is 2.42. The summed E-state index contributed by atoms with van der Waals surface area (Å²) in [7, 11) is 0. The van der Waals surface area contributed by atoms with Crippen LogP contribution in [0.25, 0.3) is 0 Å². The number of unbranched alkanes of at least 4 members (excludes halogenated alkanes) is 1. The molecule has 2 fully saturated rings. The van der Waals surface area contributed by atoms with E-state index in [0.717, 1.165) is 11.8 Å². The van der Waals surface area contributed by atoms with Crippen molar-refractivity contribution < 1.29 is 0 Å². The quantitative estimate of drug-likeness (QED) is 0.533. The highest BCUT2D eigenvalue weighted by molar-refractivity contribution is 5.12. The fraction of sp³-hybridized carbons (Fsp3) is 0.882. The lowest BCUT2D eigenvalue weighted by Crippen LogP contribution is -2.18. The first kappa shape index (κ1) is 13.2. The highest BCUT2D eigenvalue weighted by Crippen LogP contribution is 2.39. The van der Waals surface area contributed by atoms with E-state index < -0.39 is 0 Å². The molecule has 0 N–H and O–H groups in total. The molecule has 0 saturated heterocycles. The zero-order valence-electron chi connectivity index (χ0n) is 11.7. The summed E-state index contributed by atoms with van der Waals surface area (Å²) >= 11 is 0. The normalized spacial score (nSPS) is 23.6. The third-order valence-electron chi connectivity index (χ3n) is 4.82. The molecule has 0 aliphatic heterocycles. The lowest BCUT2D eigenvalue weighted by Gasteiger charge is -2.32. The average molecular weight is 234 g/mol. The van der Waals surface area contributed by atoms with Crippen molar-refractivity contribution in [2.75, 3.05) is 0 Å². The van der Waals surface area contributed by atoms with Crippen molar-refractivity contribution in [2.24, 2.45) is 11.8 Å². The second-order valence-electron chi connectivity index (χ2n) is 6.16. The Balaban J connectivity index is 2.00. The lowest BCUT2D eigenvalue weighted by molar-refractivity contribution is 0.325. The molecule has 0 aromatic heterocycles. The summed E-state index contributed by atoms with van der Waals surface area (Å²) in [5.74, 6) is 1.94. The van der Waals surface area contributed by atoms with Crippen LogP contribution in [0.2, 0.25) is 0 Å². The van der Waals surface area contributed by atoms with Crippen LogP contribution in [0.4, 0.5) is 0 Å². The van der Waals surface area contributed by atoms with E-state index in [1.54, 1.807) is 0 Å². The second-order valence-corrected chi connectivity index (χ2v) is 6.16. The van der Waals surface area contributed by atoms with Gasteiger partial charge in [-0.25, -0.2) is 0 Å². The minimum atomic E-state index is 0.971. The molecular weight excluding hydrogens is 204 g/mol. The molecule has 2 rings (SSSR count). The zero-order valence-corrected chi connectivity index (χ0v) is 11.7. The fourth-order valence-electron chi connectivity index (χ4n) is 3.85. The minimum absolute atomic E-state index is 0.971. The molecule has 0 aromatic rings. The SMILES string of the molecule is CCCC=C(C1CCCCC1)C1CCCCC1. The molecule has 0 radical (unpaired) electrons. The summed E-state index contributed by atoms with van der Waals surface area (Å²) in [6.07, 6.45) is 20.2. The molecule has 0 unspecified atom stereocenters. The Morgan fingerprint density at radius 1 is 0.824 bits per heavy atom. The molecule has 0 aromatic carbocycles. The Bertz CT molecular complexity index is 206. The number of hydrogen-bond acceptors (Lipinski definition) is 0. The molecule has 0 heterocycles. The molecule has 98 valence electrons. The summed E-state index contributed by atoms with van der Waals surface area (Å²) in [6.45, 7) is 2.32. The van der Waals surface area contributed by atoms with Crippen molar-refractivity contribution in [2.45, 2.75) is 84.0 Å². The van der Waals surface area contributed by atoms with E-state index in [-0.39, 0.29) is 0 Å². The predicted octanol–water partition coefficient (Wildman–Crippen LogP) is 5.87. The van der Waals surface area contributed by atoms with Crippen LogP contribution in [0.5, 0.6) is 0 Å². The Morgan fingerprint density at radius 3 is 1.71 bits per heavy atom. The van der Waals surface area contributed by atoms with Crippen molar-refractivity contribution >= 4 is 0 Å². The third-order valence-corrected chi connectivity index (χ3v) is 4.82. The Kier molecular flexibility index (Phi) is 5.61. The van der Waals surface area contributed by atoms with Crippen LogP contribution in [-0.2, 0) is 0 Å². The van der Waals surface area contributed by atoms with Gasteiger partial charge in [0, 0.05) is 0 Å². The summed E-state index contributed by atoms with van der Waals surface area (Å²) in [4.78, 5) is 0. The maximum Gasteiger partial charge on any atom is -0.0200 e. The smallest absolute Gasteiger partial charge is 0.0200 e. The van der Waals surface area contributed by atoms with E-state index in [1.165, 1.54) is 77.0 Å². The van der Waals surface area contributed by atoms with Gasteiger partial charge < -0.3 is 0 Å². The van der Waals surface area contributed by atoms with Gasteiger partial charge in [-0.15, -0.1) is 0 Å². The first-order chi connectivity index (χ1) is 8.42. The van der Waals surface area contributed by atoms with E-state index in [0.29, 0.717) is 0 Å². The van der Waals surface area contributed by atoms with Gasteiger partial charge in [-0.3, -0.25) is 0 Å². The van der Waals surface area contributed by atoms with Crippen molar-refractivity contribution in [3.05, 3.63) is 11.6 Å². The molecule has 2 aliphatic carbocycles. The maximum absolute atomic E-state index is 2.64. The second kappa shape index (κ2) is 7.24. The van der Waals surface area contributed by atoms with Crippen LogP contribution in [0.15, 0.2) is 11.6 Å². The van der Waals surface area contributed by atoms with Crippen molar-refractivity contribution in [3.63, 3.8) is 0 Å². The zero-order chi connectivity index (χ0) is 11.9. The van der Waals surface area contributed by atoms with Crippen LogP contribution in [-0.4, -0.2) is 0 Å². The monoisotopic (exact) mass is 234 g/mol. The van der Waals surface area contributed by atoms with Crippen molar-refractivity contribution in [3.8, 4) is 0 Å². The van der Waals surface area contributed by atoms with Crippen molar-refractivity contribution in [1.82, 2.24) is 0 Å². The van der Waals surface area contributed by atoms with E-state index in [9.17, 15) is 0 Å². The fourth-order valence-corrected chi connectivity index (χ4v) is 3.85. The van der Waals surface area contributed by atoms with Gasteiger partial charge in [0.1, 0.15) is 0 Å². The molecule has 2 saturated carbocycles. The molecule has 0 amide bonds. The van der Waals surface area contributed by atoms with Gasteiger partial charge in [0.2, 0.25) is 0 Å². The molecule has 2 aliphatic rings. The number of hydrogen-bond donors (Lipinski definition) is 0. The van der Waals surface area contributed by atoms with Gasteiger partial charge in [0.15, 0.2) is 0 Å². The van der Waals surface area contributed by atoms with E-state index in [2.05, 4.69) is 13.0 Å². The largest absolute Gasteiger partial charge is 0.0848 e. The number of rotatable bonds is 4. The van der Waals surface area contributed by atoms with Gasteiger partial charge in [0.25, 0.3) is 0 Å². The molecular formula is C17H30. The molecule has 17 heavy (non-hydrogen) atoms. The van der Waals surface area contributed by atoms with Gasteiger partial charge in [0.05, 0.1) is 0 Å². The first-order valence-electron chi connectivity index (χ1n) is 8.11. The Labute approximate surface area is 108 Å². The highest BCUT2D eigenvalue weighted by Gasteiger charge is 2.25. The van der Waals surface area contributed by atoms with E-state index >= 15 is 0 Å². The van der Waals surface area contributed by atoms with Gasteiger partial charge in [-0.1, -0.05) is 63.5 Å². The first-order valence-corrected chi connectivity index (χ1v) is 8.11. The topological polar surface area (TPSA) is 0 Å². The molecule has 0 atom stereocenters. The predicted molar refractivity (Wildman–Crippen MR) is 76.1 cm³/mol. The maximum atomic E-state index is 2.64. The van der Waals surface area contributed by atoms with Crippen molar-refractivity contribution in [1.29, 1.82) is 0 Å². The molecule has 0 bridgehead atoms. The van der Waals surface area contributed by atoms with Gasteiger partial charge in [-0.2, -0.15) is 0 Å². The minimum Gasteiger partial charge on any atom is -0.0848 e. The van der Waals surface area contributed by atoms with Crippen LogP contribution in [0.3, 0.4) is 0 Å². The summed E-state index contributed by atoms with van der Waals surface area (Å²) in [5, 5.41) is 0. The Hall–Kier alpha value is -0.260. The summed E-state index contributed by atoms with van der Waals surface area (Å²) in [6, 6.07) is 0. The van der Waals surface area contributed by atoms with Crippen LogP contribution < -0.4 is 0 Å². The standard InChI is InChI=1S/C17H30/c1-2-3-14-17(15-10-6-4-7-11-15)16-12-8-5-9-13-16/h14-16H,2-13H2,1H3. The van der Waals surface area contributed by atoms with E-state index in [1.807, 2.05) is 5.57 Å². The van der Waals surface area contributed by atoms with Gasteiger partial charge in [-0.05, 0) is 43.9 Å². The molecule has 0 nitrogen and oxygen atoms in total. The third kappa shape index (κ3) is 3.86. The van der Waals surface area contributed by atoms with E-state index in [4.69, 9.17) is 0 Å². The lowest BCUT2D eigenvalue weighted by atomic mass is 9.73. The van der Waals surface area contributed by atoms with Crippen LogP contribution in [0, 0.1) is 11.8 Å². The Morgan fingerprint density at radius 2 is 1.29 bits per heavy atom. The van der Waals surface area contributed by atoms with Crippen LogP contribution in [0.1, 0.15) is 84.0 Å². The summed E-state index contributed by atoms with van der Waals surface area (Å²) in [5.41, 5.74) is 1.89. The molecule has 0 spiro atoms. The van der Waals surface area contributed by atoms with Crippen LogP contribution >= 0.6 is 0 Å². The summed E-state index contributed by atoms with van der Waals surface area (Å²) < 4.78 is 0.